The Labute approximate surface area is 144 Å². The van der Waals surface area contributed by atoms with Gasteiger partial charge in [-0.1, -0.05) is 13.8 Å². The van der Waals surface area contributed by atoms with Crippen molar-refractivity contribution in [2.45, 2.75) is 46.2 Å². The van der Waals surface area contributed by atoms with Crippen molar-refractivity contribution >= 4 is 17.3 Å². The molecule has 0 unspecified atom stereocenters. The summed E-state index contributed by atoms with van der Waals surface area (Å²) >= 11 is 1.70. The van der Waals surface area contributed by atoms with Gasteiger partial charge in [-0.3, -0.25) is 9.89 Å². The molecule has 23 heavy (non-hydrogen) atoms. The highest BCUT2D eigenvalue weighted by atomic mass is 32.1. The molecule has 6 heteroatoms. The lowest BCUT2D eigenvalue weighted by molar-refractivity contribution is 0.225. The Balaban J connectivity index is 1.84. The van der Waals surface area contributed by atoms with Gasteiger partial charge in [0.1, 0.15) is 0 Å². The number of hydrogen-bond acceptors (Lipinski definition) is 4. The minimum Gasteiger partial charge on any atom is -0.355 e. The molecule has 0 saturated carbocycles. The van der Waals surface area contributed by atoms with Crippen molar-refractivity contribution in [1.29, 1.82) is 0 Å². The summed E-state index contributed by atoms with van der Waals surface area (Å²) < 4.78 is 0. The number of aromatic nitrogens is 1. The van der Waals surface area contributed by atoms with Gasteiger partial charge in [-0.05, 0) is 32.2 Å². The first-order valence-corrected chi connectivity index (χ1v) is 9.44. The molecule has 0 radical (unpaired) electrons. The molecule has 1 aliphatic rings. The van der Waals surface area contributed by atoms with Gasteiger partial charge in [0, 0.05) is 38.6 Å². The van der Waals surface area contributed by atoms with Crippen molar-refractivity contribution in [1.82, 2.24) is 20.1 Å². The maximum atomic E-state index is 4.54. The number of likely N-dealkylation sites (tertiary alicyclic amines) is 1. The molecule has 0 aromatic carbocycles. The van der Waals surface area contributed by atoms with Crippen LogP contribution in [0.3, 0.4) is 0 Å². The molecule has 1 aromatic rings. The zero-order valence-corrected chi connectivity index (χ0v) is 16.0. The molecular formula is C17H31N5S. The lowest BCUT2D eigenvalue weighted by Gasteiger charge is -2.28. The largest absolute Gasteiger partial charge is 0.355 e. The summed E-state index contributed by atoms with van der Waals surface area (Å²) in [5, 5.41) is 6.79. The van der Waals surface area contributed by atoms with Crippen LogP contribution < -0.4 is 5.32 Å². The number of aliphatic imine (C=N–C) groups is 1. The van der Waals surface area contributed by atoms with Gasteiger partial charge in [-0.2, -0.15) is 0 Å². The Kier molecular flexibility index (Phi) is 6.84. The van der Waals surface area contributed by atoms with E-state index in [0.29, 0.717) is 6.04 Å². The van der Waals surface area contributed by atoms with Crippen molar-refractivity contribution < 1.29 is 0 Å². The zero-order chi connectivity index (χ0) is 16.8. The third-order valence-electron chi connectivity index (χ3n) is 4.23. The minimum absolute atomic E-state index is 0.629. The average molecular weight is 338 g/mol. The molecular weight excluding hydrogens is 306 g/mol. The Morgan fingerprint density at radius 3 is 2.96 bits per heavy atom. The maximum absolute atomic E-state index is 4.54. The van der Waals surface area contributed by atoms with Gasteiger partial charge in [-0.25, -0.2) is 4.98 Å². The SMILES string of the molecule is CN=C(NC[C@H]1CCCN1CC(C)C)N(C)Cc1csc(C)n1. The molecule has 2 heterocycles. The monoisotopic (exact) mass is 337 g/mol. The standard InChI is InChI=1S/C17H31N5S/c1-13(2)10-22-8-6-7-16(22)9-19-17(18-4)21(5)11-15-12-23-14(3)20-15/h12-13,16H,6-11H2,1-5H3,(H,18,19)/t16-/m1/s1. The molecule has 1 atom stereocenters. The summed E-state index contributed by atoms with van der Waals surface area (Å²) in [5.74, 6) is 1.68. The Morgan fingerprint density at radius 2 is 2.35 bits per heavy atom. The van der Waals surface area contributed by atoms with E-state index in [1.165, 1.54) is 25.9 Å². The second-order valence-electron chi connectivity index (χ2n) is 6.83. The molecule has 0 spiro atoms. The van der Waals surface area contributed by atoms with Crippen molar-refractivity contribution in [2.75, 3.05) is 33.7 Å². The van der Waals surface area contributed by atoms with E-state index in [2.05, 4.69) is 51.4 Å². The molecule has 1 aliphatic heterocycles. The average Bonchev–Trinajstić information content (AvgIpc) is 3.08. The fourth-order valence-corrected chi connectivity index (χ4v) is 3.83. The number of nitrogens with zero attached hydrogens (tertiary/aromatic N) is 4. The van der Waals surface area contributed by atoms with E-state index >= 15 is 0 Å². The van der Waals surface area contributed by atoms with Crippen molar-refractivity contribution in [3.05, 3.63) is 16.1 Å². The molecule has 1 N–H and O–H groups in total. The molecule has 130 valence electrons. The fraction of sp³-hybridized carbons (Fsp3) is 0.765. The van der Waals surface area contributed by atoms with Crippen molar-refractivity contribution in [2.24, 2.45) is 10.9 Å². The quantitative estimate of drug-likeness (QED) is 0.640. The lowest BCUT2D eigenvalue weighted by Crippen LogP contribution is -2.46. The van der Waals surface area contributed by atoms with Crippen LogP contribution in [0.5, 0.6) is 0 Å². The minimum atomic E-state index is 0.629. The zero-order valence-electron chi connectivity index (χ0n) is 15.2. The van der Waals surface area contributed by atoms with Crippen LogP contribution in [0.1, 0.15) is 37.4 Å². The summed E-state index contributed by atoms with van der Waals surface area (Å²) in [6, 6.07) is 0.629. The number of aryl methyl sites for hydroxylation is 1. The summed E-state index contributed by atoms with van der Waals surface area (Å²) in [7, 11) is 3.93. The van der Waals surface area contributed by atoms with E-state index in [9.17, 15) is 0 Å². The molecule has 2 rings (SSSR count). The highest BCUT2D eigenvalue weighted by molar-refractivity contribution is 7.09. The molecule has 0 aliphatic carbocycles. The van der Waals surface area contributed by atoms with Crippen LogP contribution in [-0.4, -0.2) is 60.5 Å². The van der Waals surface area contributed by atoms with Crippen molar-refractivity contribution in [3.63, 3.8) is 0 Å². The van der Waals surface area contributed by atoms with Gasteiger partial charge in [0.25, 0.3) is 0 Å². The van der Waals surface area contributed by atoms with E-state index in [1.807, 2.05) is 14.0 Å². The van der Waals surface area contributed by atoms with Crippen LogP contribution in [0.2, 0.25) is 0 Å². The van der Waals surface area contributed by atoms with Gasteiger partial charge < -0.3 is 10.2 Å². The Morgan fingerprint density at radius 1 is 1.57 bits per heavy atom. The number of nitrogens with one attached hydrogen (secondary N) is 1. The third-order valence-corrected chi connectivity index (χ3v) is 5.06. The van der Waals surface area contributed by atoms with Gasteiger partial charge >= 0.3 is 0 Å². The second kappa shape index (κ2) is 8.64. The number of hydrogen-bond donors (Lipinski definition) is 1. The van der Waals surface area contributed by atoms with Crippen LogP contribution in [0.25, 0.3) is 0 Å². The predicted molar refractivity (Wildman–Crippen MR) is 99.1 cm³/mol. The van der Waals surface area contributed by atoms with Gasteiger partial charge in [0.15, 0.2) is 5.96 Å². The van der Waals surface area contributed by atoms with E-state index < -0.39 is 0 Å². The van der Waals surface area contributed by atoms with Crippen LogP contribution in [-0.2, 0) is 6.54 Å². The highest BCUT2D eigenvalue weighted by Crippen LogP contribution is 2.18. The molecule has 1 aromatic heterocycles. The molecule has 0 bridgehead atoms. The summed E-state index contributed by atoms with van der Waals surface area (Å²) in [6.45, 7) is 10.8. The van der Waals surface area contributed by atoms with Crippen LogP contribution in [0.4, 0.5) is 0 Å². The van der Waals surface area contributed by atoms with E-state index in [4.69, 9.17) is 0 Å². The topological polar surface area (TPSA) is 43.8 Å². The molecule has 5 nitrogen and oxygen atoms in total. The Hall–Kier alpha value is -1.14. The normalized spacial score (nSPS) is 19.6. The van der Waals surface area contributed by atoms with Crippen molar-refractivity contribution in [3.8, 4) is 0 Å². The third kappa shape index (κ3) is 5.46. The maximum Gasteiger partial charge on any atom is 0.193 e. The molecule has 1 fully saturated rings. The first-order valence-electron chi connectivity index (χ1n) is 8.56. The van der Waals surface area contributed by atoms with Crippen LogP contribution >= 0.6 is 11.3 Å². The summed E-state index contributed by atoms with van der Waals surface area (Å²) in [4.78, 5) is 13.7. The van der Waals surface area contributed by atoms with E-state index in [1.54, 1.807) is 11.3 Å². The highest BCUT2D eigenvalue weighted by Gasteiger charge is 2.25. The first-order chi connectivity index (χ1) is 11.0. The predicted octanol–water partition coefficient (Wildman–Crippen LogP) is 2.58. The smallest absolute Gasteiger partial charge is 0.193 e. The van der Waals surface area contributed by atoms with Crippen LogP contribution in [0, 0.1) is 12.8 Å². The van der Waals surface area contributed by atoms with Gasteiger partial charge in [-0.15, -0.1) is 11.3 Å². The van der Waals surface area contributed by atoms with E-state index in [0.717, 1.165) is 35.7 Å². The van der Waals surface area contributed by atoms with Crippen LogP contribution in [0.15, 0.2) is 10.4 Å². The number of guanidine groups is 1. The molecule has 1 saturated heterocycles. The number of thiazole rings is 1. The fourth-order valence-electron chi connectivity index (χ4n) is 3.23. The summed E-state index contributed by atoms with van der Waals surface area (Å²) in [5.41, 5.74) is 1.11. The second-order valence-corrected chi connectivity index (χ2v) is 7.89. The first kappa shape index (κ1) is 18.2. The van der Waals surface area contributed by atoms with Gasteiger partial charge in [0.05, 0.1) is 17.2 Å². The Bertz CT molecular complexity index is 511. The van der Waals surface area contributed by atoms with E-state index in [-0.39, 0.29) is 0 Å². The number of rotatable bonds is 6. The lowest BCUT2D eigenvalue weighted by atomic mass is 10.1. The summed E-state index contributed by atoms with van der Waals surface area (Å²) in [6.07, 6.45) is 2.59. The molecule has 0 amide bonds. The van der Waals surface area contributed by atoms with Gasteiger partial charge in [0.2, 0.25) is 0 Å².